The van der Waals surface area contributed by atoms with E-state index in [4.69, 9.17) is 4.98 Å². The molecule has 4 nitrogen and oxygen atoms in total. The van der Waals surface area contributed by atoms with Gasteiger partial charge in [-0.2, -0.15) is 11.3 Å². The van der Waals surface area contributed by atoms with Crippen molar-refractivity contribution in [3.05, 3.63) is 27.4 Å². The Morgan fingerprint density at radius 3 is 2.77 bits per heavy atom. The van der Waals surface area contributed by atoms with Gasteiger partial charge in [-0.3, -0.25) is 4.79 Å². The van der Waals surface area contributed by atoms with E-state index < -0.39 is 6.10 Å². The average Bonchev–Trinajstić information content (AvgIpc) is 3.38. The van der Waals surface area contributed by atoms with E-state index in [0.717, 1.165) is 37.4 Å². The molecule has 2 aromatic rings. The number of aliphatic hydroxyl groups excluding tert-OH is 1. The van der Waals surface area contributed by atoms with Crippen LogP contribution in [0.2, 0.25) is 0 Å². The highest BCUT2D eigenvalue weighted by Gasteiger charge is 2.54. The molecule has 1 amide bonds. The van der Waals surface area contributed by atoms with E-state index in [0.29, 0.717) is 0 Å². The predicted molar refractivity (Wildman–Crippen MR) is 125 cm³/mol. The Hall–Kier alpha value is -1.24. The first-order chi connectivity index (χ1) is 14.3. The van der Waals surface area contributed by atoms with Crippen LogP contribution in [-0.2, 0) is 11.2 Å². The van der Waals surface area contributed by atoms with Crippen LogP contribution in [0.1, 0.15) is 63.9 Å². The molecule has 1 saturated carbocycles. The summed E-state index contributed by atoms with van der Waals surface area (Å²) in [4.78, 5) is 21.3. The van der Waals surface area contributed by atoms with Gasteiger partial charge < -0.3 is 10.0 Å². The lowest BCUT2D eigenvalue weighted by Gasteiger charge is -2.53. The van der Waals surface area contributed by atoms with Crippen LogP contribution < -0.4 is 0 Å². The number of carbonyl (C=O) groups excluding carboxylic acids is 1. The van der Waals surface area contributed by atoms with Crippen LogP contribution >= 0.6 is 22.7 Å². The third-order valence-electron chi connectivity index (χ3n) is 7.80. The highest BCUT2D eigenvalue weighted by Crippen LogP contribution is 2.57. The van der Waals surface area contributed by atoms with Crippen molar-refractivity contribution in [2.45, 2.75) is 65.9 Å². The number of amides is 1. The van der Waals surface area contributed by atoms with Gasteiger partial charge in [-0.1, -0.05) is 20.8 Å². The van der Waals surface area contributed by atoms with E-state index in [9.17, 15) is 9.90 Å². The second-order valence-electron chi connectivity index (χ2n) is 9.48. The minimum atomic E-state index is -0.465. The fraction of sp³-hybridized carbons (Fsp3) is 0.667. The molecule has 0 radical (unpaired) electrons. The summed E-state index contributed by atoms with van der Waals surface area (Å²) in [6.45, 7) is 12.1. The molecule has 2 aliphatic rings. The SMILES string of the molecule is CCN(CC)C(=O)[C@@H](C)C1CC[C@@]2(C)Cc3sc(-c4ccsc4)nc3[C@@H](C)[C@@H]2[C@H]1O. The predicted octanol–water partition coefficient (Wildman–Crippen LogP) is 5.43. The summed E-state index contributed by atoms with van der Waals surface area (Å²) in [5, 5.41) is 16.9. The van der Waals surface area contributed by atoms with Crippen molar-refractivity contribution in [2.75, 3.05) is 13.1 Å². The molecule has 0 bridgehead atoms. The first-order valence-corrected chi connectivity index (χ1v) is 13.1. The van der Waals surface area contributed by atoms with Gasteiger partial charge in [-0.25, -0.2) is 4.98 Å². The van der Waals surface area contributed by atoms with Crippen molar-refractivity contribution in [3.63, 3.8) is 0 Å². The summed E-state index contributed by atoms with van der Waals surface area (Å²) in [5.74, 6) is 0.416. The van der Waals surface area contributed by atoms with E-state index in [2.05, 4.69) is 30.7 Å². The molecule has 0 aliphatic heterocycles. The molecule has 0 spiro atoms. The summed E-state index contributed by atoms with van der Waals surface area (Å²) in [5.41, 5.74) is 2.45. The molecule has 0 saturated heterocycles. The monoisotopic (exact) mass is 446 g/mol. The number of thiophene rings is 1. The van der Waals surface area contributed by atoms with Crippen LogP contribution in [0, 0.1) is 23.2 Å². The second-order valence-corrected chi connectivity index (χ2v) is 11.3. The number of hydrogen-bond acceptors (Lipinski definition) is 5. The minimum Gasteiger partial charge on any atom is -0.392 e. The summed E-state index contributed by atoms with van der Waals surface area (Å²) in [6.07, 6.45) is 2.50. The first-order valence-electron chi connectivity index (χ1n) is 11.3. The zero-order valence-corrected chi connectivity index (χ0v) is 20.4. The third kappa shape index (κ3) is 3.55. The maximum atomic E-state index is 13.0. The molecule has 164 valence electrons. The molecule has 2 aliphatic carbocycles. The van der Waals surface area contributed by atoms with Crippen molar-refractivity contribution in [2.24, 2.45) is 23.2 Å². The fourth-order valence-electron chi connectivity index (χ4n) is 6.06. The minimum absolute atomic E-state index is 0.0233. The van der Waals surface area contributed by atoms with Crippen LogP contribution in [0.4, 0.5) is 0 Å². The lowest BCUT2D eigenvalue weighted by Crippen LogP contribution is -2.53. The Morgan fingerprint density at radius 1 is 1.40 bits per heavy atom. The van der Waals surface area contributed by atoms with Gasteiger partial charge >= 0.3 is 0 Å². The van der Waals surface area contributed by atoms with E-state index in [1.807, 2.05) is 37.0 Å². The van der Waals surface area contributed by atoms with Crippen molar-refractivity contribution >= 4 is 28.6 Å². The van der Waals surface area contributed by atoms with Crippen molar-refractivity contribution in [3.8, 4) is 10.6 Å². The normalized spacial score (nSPS) is 31.7. The van der Waals surface area contributed by atoms with Gasteiger partial charge in [0.25, 0.3) is 0 Å². The van der Waals surface area contributed by atoms with E-state index in [1.54, 1.807) is 11.3 Å². The molecular formula is C24H34N2O2S2. The van der Waals surface area contributed by atoms with Crippen LogP contribution in [0.3, 0.4) is 0 Å². The molecule has 4 rings (SSSR count). The first kappa shape index (κ1) is 22.0. The summed E-state index contributed by atoms with van der Waals surface area (Å²) in [7, 11) is 0. The largest absolute Gasteiger partial charge is 0.392 e. The lowest BCUT2D eigenvalue weighted by atomic mass is 9.53. The highest BCUT2D eigenvalue weighted by molar-refractivity contribution is 7.15. The Balaban J connectivity index is 1.62. The number of nitrogens with zero attached hydrogens (tertiary/aromatic N) is 2. The maximum absolute atomic E-state index is 13.0. The van der Waals surface area contributed by atoms with Crippen molar-refractivity contribution in [1.82, 2.24) is 9.88 Å². The molecule has 30 heavy (non-hydrogen) atoms. The van der Waals surface area contributed by atoms with Gasteiger partial charge in [0.15, 0.2) is 0 Å². The van der Waals surface area contributed by atoms with Gasteiger partial charge in [-0.05, 0) is 61.8 Å². The number of aromatic nitrogens is 1. The van der Waals surface area contributed by atoms with Crippen LogP contribution in [-0.4, -0.2) is 40.1 Å². The quantitative estimate of drug-likeness (QED) is 0.666. The topological polar surface area (TPSA) is 53.4 Å². The standard InChI is InChI=1S/C24H34N2O2S2/c1-6-26(7-2)23(28)14(3)17-8-10-24(5)12-18-20(15(4)19(24)21(17)27)25-22(30-18)16-9-11-29-13-16/h9,11,13-15,17,19,21,27H,6-8,10,12H2,1-5H3/t14-,15-,17?,19+,21-,24-/m0/s1. The fourth-order valence-corrected chi connectivity index (χ4v) is 8.14. The van der Waals surface area contributed by atoms with Crippen molar-refractivity contribution < 1.29 is 9.90 Å². The van der Waals surface area contributed by atoms with Crippen LogP contribution in [0.25, 0.3) is 10.6 Å². The van der Waals surface area contributed by atoms with Gasteiger partial charge in [0.05, 0.1) is 11.8 Å². The lowest BCUT2D eigenvalue weighted by molar-refractivity contribution is -0.144. The van der Waals surface area contributed by atoms with Crippen molar-refractivity contribution in [1.29, 1.82) is 0 Å². The molecule has 1 unspecified atom stereocenters. The highest BCUT2D eigenvalue weighted by atomic mass is 32.1. The summed E-state index contributed by atoms with van der Waals surface area (Å²) < 4.78 is 0. The Morgan fingerprint density at radius 2 is 2.13 bits per heavy atom. The zero-order chi connectivity index (χ0) is 21.6. The maximum Gasteiger partial charge on any atom is 0.225 e. The van der Waals surface area contributed by atoms with Gasteiger partial charge in [0, 0.05) is 40.7 Å². The van der Waals surface area contributed by atoms with Crippen LogP contribution in [0.15, 0.2) is 16.8 Å². The molecule has 6 heteroatoms. The molecular weight excluding hydrogens is 412 g/mol. The summed E-state index contributed by atoms with van der Waals surface area (Å²) >= 11 is 3.53. The smallest absolute Gasteiger partial charge is 0.225 e. The number of hydrogen-bond donors (Lipinski definition) is 1. The Bertz CT molecular complexity index is 889. The Labute approximate surface area is 188 Å². The number of carbonyl (C=O) groups is 1. The molecule has 2 heterocycles. The van der Waals surface area contributed by atoms with Gasteiger partial charge in [0.2, 0.25) is 5.91 Å². The Kier molecular flexibility index (Phi) is 6.12. The average molecular weight is 447 g/mol. The summed E-state index contributed by atoms with van der Waals surface area (Å²) in [6, 6.07) is 2.14. The number of fused-ring (bicyclic) bond motifs is 2. The molecule has 2 aromatic heterocycles. The number of aliphatic hydroxyl groups is 1. The zero-order valence-electron chi connectivity index (χ0n) is 18.7. The van der Waals surface area contributed by atoms with E-state index >= 15 is 0 Å². The molecule has 1 fully saturated rings. The molecule has 1 N–H and O–H groups in total. The van der Waals surface area contributed by atoms with Crippen LogP contribution in [0.5, 0.6) is 0 Å². The second kappa shape index (κ2) is 8.36. The van der Waals surface area contributed by atoms with Gasteiger partial charge in [-0.15, -0.1) is 11.3 Å². The number of thiazole rings is 1. The van der Waals surface area contributed by atoms with E-state index in [-0.39, 0.29) is 35.0 Å². The molecule has 0 aromatic carbocycles. The van der Waals surface area contributed by atoms with Gasteiger partial charge in [0.1, 0.15) is 5.01 Å². The number of rotatable bonds is 5. The molecule has 6 atom stereocenters. The third-order valence-corrected chi connectivity index (χ3v) is 9.60. The van der Waals surface area contributed by atoms with E-state index in [1.165, 1.54) is 16.1 Å².